The van der Waals surface area contributed by atoms with E-state index in [1.54, 1.807) is 18.2 Å². The summed E-state index contributed by atoms with van der Waals surface area (Å²) in [5.74, 6) is 0.200. The van der Waals surface area contributed by atoms with Gasteiger partial charge in [-0.2, -0.15) is 0 Å². The molecule has 0 aliphatic carbocycles. The van der Waals surface area contributed by atoms with Gasteiger partial charge in [0.15, 0.2) is 0 Å². The molecule has 0 radical (unpaired) electrons. The number of fused-ring (bicyclic) bond motifs is 3. The van der Waals surface area contributed by atoms with Crippen LogP contribution in [0.5, 0.6) is 5.75 Å². The van der Waals surface area contributed by atoms with Crippen LogP contribution in [0.4, 0.5) is 0 Å². The molecule has 0 spiro atoms. The van der Waals surface area contributed by atoms with Crippen molar-refractivity contribution < 1.29 is 19.4 Å². The standard InChI is InChI=1S/C27H32O4/c1-17(2)8-7-15-27(4)23-14-13-18(3)30-25(23)22-12-6-11-21(24(22)31-27)19-9-5-10-20(16-19)26(28)29/h5-6,8-12,16,18,23,25H,7,13-15H2,1-4H3,(H,28,29)/t18-,23-,25+,27+/m1/s1. The lowest BCUT2D eigenvalue weighted by molar-refractivity contribution is -0.151. The summed E-state index contributed by atoms with van der Waals surface area (Å²) in [5.41, 5.74) is 4.10. The van der Waals surface area contributed by atoms with Gasteiger partial charge in [0.2, 0.25) is 0 Å². The first kappa shape index (κ1) is 21.6. The number of para-hydroxylation sites is 1. The minimum Gasteiger partial charge on any atom is -0.486 e. The molecule has 0 saturated carbocycles. The molecule has 2 aliphatic rings. The summed E-state index contributed by atoms with van der Waals surface area (Å²) in [6.45, 7) is 8.62. The van der Waals surface area contributed by atoms with Gasteiger partial charge in [0.25, 0.3) is 0 Å². The van der Waals surface area contributed by atoms with Gasteiger partial charge in [-0.15, -0.1) is 0 Å². The van der Waals surface area contributed by atoms with Gasteiger partial charge in [-0.3, -0.25) is 0 Å². The molecule has 0 unspecified atom stereocenters. The zero-order chi connectivity index (χ0) is 22.2. The largest absolute Gasteiger partial charge is 0.486 e. The average molecular weight is 421 g/mol. The number of aromatic carboxylic acids is 1. The normalized spacial score (nSPS) is 26.9. The predicted octanol–water partition coefficient (Wildman–Crippen LogP) is 6.81. The number of rotatable bonds is 5. The number of ether oxygens (including phenoxy) is 2. The lowest BCUT2D eigenvalue weighted by Gasteiger charge is -2.50. The average Bonchev–Trinajstić information content (AvgIpc) is 2.73. The van der Waals surface area contributed by atoms with E-state index in [2.05, 4.69) is 39.8 Å². The first-order chi connectivity index (χ1) is 14.8. The maximum Gasteiger partial charge on any atom is 0.335 e. The lowest BCUT2D eigenvalue weighted by atomic mass is 9.72. The van der Waals surface area contributed by atoms with Crippen molar-refractivity contribution in [3.63, 3.8) is 0 Å². The van der Waals surface area contributed by atoms with Crippen molar-refractivity contribution >= 4 is 5.97 Å². The Morgan fingerprint density at radius 3 is 2.71 bits per heavy atom. The zero-order valence-electron chi connectivity index (χ0n) is 18.9. The molecule has 4 rings (SSSR count). The molecule has 4 nitrogen and oxygen atoms in total. The zero-order valence-corrected chi connectivity index (χ0v) is 18.9. The van der Waals surface area contributed by atoms with Crippen LogP contribution in [-0.4, -0.2) is 22.8 Å². The molecule has 2 aromatic carbocycles. The number of hydrogen-bond acceptors (Lipinski definition) is 3. The minimum atomic E-state index is -0.927. The summed E-state index contributed by atoms with van der Waals surface area (Å²) in [6, 6.07) is 13.2. The van der Waals surface area contributed by atoms with E-state index in [0.29, 0.717) is 5.92 Å². The predicted molar refractivity (Wildman–Crippen MR) is 123 cm³/mol. The highest BCUT2D eigenvalue weighted by Gasteiger charge is 2.49. The molecule has 1 fully saturated rings. The smallest absolute Gasteiger partial charge is 0.335 e. The number of carboxylic acids is 1. The van der Waals surface area contributed by atoms with Crippen LogP contribution in [-0.2, 0) is 4.74 Å². The summed E-state index contributed by atoms with van der Waals surface area (Å²) >= 11 is 0. The van der Waals surface area contributed by atoms with E-state index in [9.17, 15) is 9.90 Å². The first-order valence-corrected chi connectivity index (χ1v) is 11.2. The van der Waals surface area contributed by atoms with Crippen molar-refractivity contribution in [3.8, 4) is 16.9 Å². The second-order valence-corrected chi connectivity index (χ2v) is 9.40. The maximum atomic E-state index is 11.5. The van der Waals surface area contributed by atoms with Crippen molar-refractivity contribution in [1.29, 1.82) is 0 Å². The number of carbonyl (C=O) groups is 1. The van der Waals surface area contributed by atoms with E-state index < -0.39 is 5.97 Å². The number of allylic oxidation sites excluding steroid dienone is 2. The van der Waals surface area contributed by atoms with Crippen LogP contribution in [0.3, 0.4) is 0 Å². The Kier molecular flexibility index (Phi) is 5.94. The Hall–Kier alpha value is -2.59. The molecule has 0 amide bonds. The monoisotopic (exact) mass is 420 g/mol. The molecule has 2 aromatic rings. The Morgan fingerprint density at radius 2 is 1.97 bits per heavy atom. The van der Waals surface area contributed by atoms with Crippen LogP contribution in [0.15, 0.2) is 54.1 Å². The molecular weight excluding hydrogens is 388 g/mol. The molecule has 0 bridgehead atoms. The topological polar surface area (TPSA) is 55.8 Å². The fraction of sp³-hybridized carbons (Fsp3) is 0.444. The Labute approximate surface area is 184 Å². The van der Waals surface area contributed by atoms with Gasteiger partial charge in [-0.1, -0.05) is 42.0 Å². The minimum absolute atomic E-state index is 0.00758. The van der Waals surface area contributed by atoms with Crippen LogP contribution in [0.25, 0.3) is 11.1 Å². The fourth-order valence-electron chi connectivity index (χ4n) is 5.03. The Balaban J connectivity index is 1.80. The van der Waals surface area contributed by atoms with Gasteiger partial charge in [0.05, 0.1) is 17.8 Å². The van der Waals surface area contributed by atoms with Crippen LogP contribution < -0.4 is 4.74 Å². The van der Waals surface area contributed by atoms with Gasteiger partial charge in [-0.25, -0.2) is 4.79 Å². The van der Waals surface area contributed by atoms with E-state index in [4.69, 9.17) is 9.47 Å². The van der Waals surface area contributed by atoms with Crippen molar-refractivity contribution in [1.82, 2.24) is 0 Å². The lowest BCUT2D eigenvalue weighted by Crippen LogP contribution is -2.50. The highest BCUT2D eigenvalue weighted by Crippen LogP contribution is 2.54. The second-order valence-electron chi connectivity index (χ2n) is 9.40. The third kappa shape index (κ3) is 4.27. The molecule has 1 N–H and O–H groups in total. The van der Waals surface area contributed by atoms with Crippen molar-refractivity contribution in [3.05, 3.63) is 65.2 Å². The molecule has 1 saturated heterocycles. The summed E-state index contributed by atoms with van der Waals surface area (Å²) in [6.07, 6.45) is 6.48. The Bertz CT molecular complexity index is 1000. The number of carboxylic acid groups (broad SMARTS) is 1. The molecule has 4 atom stereocenters. The fourth-order valence-corrected chi connectivity index (χ4v) is 5.03. The Morgan fingerprint density at radius 1 is 1.19 bits per heavy atom. The van der Waals surface area contributed by atoms with Gasteiger partial charge < -0.3 is 14.6 Å². The summed E-state index contributed by atoms with van der Waals surface area (Å²) in [4.78, 5) is 11.5. The van der Waals surface area contributed by atoms with E-state index in [-0.39, 0.29) is 23.4 Å². The van der Waals surface area contributed by atoms with Crippen molar-refractivity contribution in [2.75, 3.05) is 0 Å². The third-order valence-electron chi connectivity index (χ3n) is 6.71. The quantitative estimate of drug-likeness (QED) is 0.540. The molecule has 2 aliphatic heterocycles. The van der Waals surface area contributed by atoms with E-state index >= 15 is 0 Å². The van der Waals surface area contributed by atoms with Gasteiger partial charge in [0, 0.05) is 17.0 Å². The first-order valence-electron chi connectivity index (χ1n) is 11.2. The van der Waals surface area contributed by atoms with Gasteiger partial charge >= 0.3 is 5.97 Å². The van der Waals surface area contributed by atoms with Gasteiger partial charge in [-0.05, 0) is 71.1 Å². The summed E-state index contributed by atoms with van der Waals surface area (Å²) < 4.78 is 13.3. The van der Waals surface area contributed by atoms with Crippen LogP contribution >= 0.6 is 0 Å². The molecule has 2 heterocycles. The summed E-state index contributed by atoms with van der Waals surface area (Å²) in [7, 11) is 0. The maximum absolute atomic E-state index is 11.5. The van der Waals surface area contributed by atoms with Crippen molar-refractivity contribution in [2.24, 2.45) is 5.92 Å². The SMILES string of the molecule is CC(C)=CCC[C@]1(C)Oc2c(-c3cccc(C(=O)O)c3)cccc2[C@@H]2O[C@H](C)CC[C@H]21. The third-order valence-corrected chi connectivity index (χ3v) is 6.71. The summed E-state index contributed by atoms with van der Waals surface area (Å²) in [5, 5.41) is 9.45. The molecule has 31 heavy (non-hydrogen) atoms. The highest BCUT2D eigenvalue weighted by molar-refractivity contribution is 5.90. The number of hydrogen-bond donors (Lipinski definition) is 1. The van der Waals surface area contributed by atoms with E-state index in [0.717, 1.165) is 48.1 Å². The molecular formula is C27H32O4. The van der Waals surface area contributed by atoms with Crippen LogP contribution in [0.1, 0.15) is 75.4 Å². The van der Waals surface area contributed by atoms with Crippen LogP contribution in [0.2, 0.25) is 0 Å². The highest BCUT2D eigenvalue weighted by atomic mass is 16.5. The second kappa shape index (κ2) is 8.51. The van der Waals surface area contributed by atoms with Crippen molar-refractivity contribution in [2.45, 2.75) is 71.2 Å². The molecule has 4 heteroatoms. The van der Waals surface area contributed by atoms with E-state index in [1.165, 1.54) is 5.57 Å². The molecule has 164 valence electrons. The number of benzene rings is 2. The van der Waals surface area contributed by atoms with Gasteiger partial charge in [0.1, 0.15) is 11.4 Å². The van der Waals surface area contributed by atoms with E-state index in [1.807, 2.05) is 18.2 Å². The van der Waals surface area contributed by atoms with Crippen LogP contribution in [0, 0.1) is 5.92 Å². The molecule has 0 aromatic heterocycles.